The normalized spacial score (nSPS) is 15.3. The van der Waals surface area contributed by atoms with Gasteiger partial charge >= 0.3 is 0 Å². The molecule has 168 valence electrons. The molecule has 1 amide bonds. The number of amides is 1. The topological polar surface area (TPSA) is 38.3 Å². The van der Waals surface area contributed by atoms with E-state index in [-0.39, 0.29) is 12.5 Å². The maximum absolute atomic E-state index is 14.5. The Morgan fingerprint density at radius 3 is 2.06 bits per heavy atom. The van der Waals surface area contributed by atoms with Crippen LogP contribution in [0.4, 0.5) is 17.6 Å². The van der Waals surface area contributed by atoms with Crippen LogP contribution < -0.4 is 9.50 Å². The summed E-state index contributed by atoms with van der Waals surface area (Å²) in [5, 5.41) is 2.44. The fourth-order valence-corrected chi connectivity index (χ4v) is 4.21. The molecule has 2 aromatic carbocycles. The first-order chi connectivity index (χ1) is 14.9. The molecular weight excluding hydrogens is 430 g/mol. The van der Waals surface area contributed by atoms with Gasteiger partial charge in [0.05, 0.1) is 12.0 Å². The average Bonchev–Trinajstić information content (AvgIpc) is 2.73. The van der Waals surface area contributed by atoms with Crippen LogP contribution in [0.15, 0.2) is 29.2 Å². The van der Waals surface area contributed by atoms with Crippen molar-refractivity contribution in [1.29, 1.82) is 0 Å². The number of carbonyl (C=O) groups excluding carboxylic acids is 1. The van der Waals surface area contributed by atoms with Gasteiger partial charge in [0, 0.05) is 11.4 Å². The summed E-state index contributed by atoms with van der Waals surface area (Å²) in [6.07, 6.45) is 7.27. The number of hydrogen-bond donors (Lipinski definition) is 1. The molecular formula is C23H25F4NO2S. The van der Waals surface area contributed by atoms with Gasteiger partial charge in [0.2, 0.25) is 17.4 Å². The third-order valence-electron chi connectivity index (χ3n) is 5.47. The van der Waals surface area contributed by atoms with E-state index in [0.29, 0.717) is 16.9 Å². The zero-order chi connectivity index (χ0) is 22.4. The molecule has 1 saturated carbocycles. The van der Waals surface area contributed by atoms with E-state index in [0.717, 1.165) is 44.1 Å². The second kappa shape index (κ2) is 10.9. The number of carbonyl (C=O) groups is 1. The van der Waals surface area contributed by atoms with Crippen molar-refractivity contribution in [2.75, 3.05) is 6.54 Å². The second-order valence-corrected chi connectivity index (χ2v) is 8.67. The maximum Gasteiger partial charge on any atom is 0.257 e. The fraction of sp³-hybridized carbons (Fsp3) is 0.435. The number of hydrogen-bond acceptors (Lipinski definition) is 3. The van der Waals surface area contributed by atoms with E-state index >= 15 is 0 Å². The Morgan fingerprint density at radius 1 is 0.935 bits per heavy atom. The minimum atomic E-state index is -1.77. The summed E-state index contributed by atoms with van der Waals surface area (Å²) >= 11 is 0.561. The molecule has 0 atom stereocenters. The molecule has 1 aliphatic carbocycles. The van der Waals surface area contributed by atoms with E-state index in [9.17, 15) is 22.4 Å². The van der Waals surface area contributed by atoms with E-state index in [1.807, 2.05) is 6.92 Å². The highest BCUT2D eigenvalue weighted by Crippen LogP contribution is 2.34. The van der Waals surface area contributed by atoms with Gasteiger partial charge in [-0.3, -0.25) is 4.79 Å². The highest BCUT2D eigenvalue weighted by molar-refractivity contribution is 7.95. The molecule has 3 rings (SSSR count). The Morgan fingerprint density at radius 2 is 1.48 bits per heavy atom. The van der Waals surface area contributed by atoms with Gasteiger partial charge in [-0.1, -0.05) is 49.8 Å². The SMILES string of the molecule is Cc1ccc(SOc2c(F)c(F)c(C(=O)NCC3CCCCCCC3)c(F)c2F)cc1. The first kappa shape index (κ1) is 23.4. The van der Waals surface area contributed by atoms with Crippen molar-refractivity contribution in [3.63, 3.8) is 0 Å². The zero-order valence-electron chi connectivity index (χ0n) is 17.3. The Kier molecular flexibility index (Phi) is 8.23. The first-order valence-corrected chi connectivity index (χ1v) is 11.2. The van der Waals surface area contributed by atoms with E-state index in [4.69, 9.17) is 4.18 Å². The number of aryl methyl sites for hydroxylation is 1. The van der Waals surface area contributed by atoms with Crippen LogP contribution in [0.3, 0.4) is 0 Å². The average molecular weight is 456 g/mol. The van der Waals surface area contributed by atoms with Crippen LogP contribution in [0.25, 0.3) is 0 Å². The van der Waals surface area contributed by atoms with Gasteiger partial charge in [-0.25, -0.2) is 8.78 Å². The summed E-state index contributed by atoms with van der Waals surface area (Å²) in [5.74, 6) is -9.23. The van der Waals surface area contributed by atoms with Crippen LogP contribution in [0.1, 0.15) is 60.9 Å². The van der Waals surface area contributed by atoms with Crippen LogP contribution in [0.5, 0.6) is 5.75 Å². The number of rotatable bonds is 6. The number of nitrogens with one attached hydrogen (secondary N) is 1. The fourth-order valence-electron chi connectivity index (χ4n) is 3.64. The number of halogens is 4. The standard InChI is InChI=1S/C23H25F4NO2S/c1-14-9-11-16(12-10-14)31-30-22-20(26)18(24)17(19(25)21(22)27)23(29)28-13-15-7-5-3-2-4-6-8-15/h9-12,15H,2-8,13H2,1H3,(H,28,29). The lowest BCUT2D eigenvalue weighted by molar-refractivity contribution is 0.0933. The van der Waals surface area contributed by atoms with Crippen molar-refractivity contribution in [3.05, 3.63) is 58.7 Å². The molecule has 31 heavy (non-hydrogen) atoms. The third kappa shape index (κ3) is 5.93. The van der Waals surface area contributed by atoms with Crippen molar-refractivity contribution in [3.8, 4) is 5.75 Å². The lowest BCUT2D eigenvalue weighted by atomic mass is 9.91. The summed E-state index contributed by atoms with van der Waals surface area (Å²) in [7, 11) is 0. The van der Waals surface area contributed by atoms with Gasteiger partial charge in [0.25, 0.3) is 5.91 Å². The lowest BCUT2D eigenvalue weighted by Gasteiger charge is -2.20. The molecule has 8 heteroatoms. The summed E-state index contributed by atoms with van der Waals surface area (Å²) in [4.78, 5) is 12.8. The molecule has 0 bridgehead atoms. The van der Waals surface area contributed by atoms with Gasteiger partial charge in [0.1, 0.15) is 5.56 Å². The van der Waals surface area contributed by atoms with Crippen LogP contribution >= 0.6 is 12.0 Å². The van der Waals surface area contributed by atoms with Crippen molar-refractivity contribution >= 4 is 17.9 Å². The minimum absolute atomic E-state index is 0.179. The summed E-state index contributed by atoms with van der Waals surface area (Å²) in [5.41, 5.74) is -0.304. The predicted octanol–water partition coefficient (Wildman–Crippen LogP) is 6.73. The molecule has 2 aromatic rings. The summed E-state index contributed by atoms with van der Waals surface area (Å²) in [6, 6.07) is 6.78. The monoisotopic (exact) mass is 455 g/mol. The van der Waals surface area contributed by atoms with Gasteiger partial charge < -0.3 is 9.50 Å². The summed E-state index contributed by atoms with van der Waals surface area (Å²) in [6.45, 7) is 2.07. The molecule has 0 unspecified atom stereocenters. The molecule has 0 aromatic heterocycles. The van der Waals surface area contributed by atoms with Gasteiger partial charge in [0.15, 0.2) is 11.6 Å². The Hall–Kier alpha value is -2.22. The quantitative estimate of drug-likeness (QED) is 0.298. The van der Waals surface area contributed by atoms with Crippen molar-refractivity contribution < 1.29 is 26.5 Å². The highest BCUT2D eigenvalue weighted by Gasteiger charge is 2.31. The van der Waals surface area contributed by atoms with Gasteiger partial charge in [-0.15, -0.1) is 0 Å². The molecule has 0 radical (unpaired) electrons. The van der Waals surface area contributed by atoms with Crippen molar-refractivity contribution in [2.24, 2.45) is 5.92 Å². The molecule has 0 spiro atoms. The molecule has 1 aliphatic rings. The first-order valence-electron chi connectivity index (χ1n) is 10.4. The Balaban J connectivity index is 1.72. The minimum Gasteiger partial charge on any atom is -0.414 e. The second-order valence-electron chi connectivity index (χ2n) is 7.86. The van der Waals surface area contributed by atoms with E-state index in [1.54, 1.807) is 24.3 Å². The van der Waals surface area contributed by atoms with E-state index in [2.05, 4.69) is 5.32 Å². The van der Waals surface area contributed by atoms with Crippen molar-refractivity contribution in [1.82, 2.24) is 5.32 Å². The predicted molar refractivity (Wildman–Crippen MR) is 112 cm³/mol. The van der Waals surface area contributed by atoms with E-state index < -0.39 is 40.5 Å². The molecule has 0 aliphatic heterocycles. The Bertz CT molecular complexity index is 884. The third-order valence-corrected chi connectivity index (χ3v) is 6.18. The zero-order valence-corrected chi connectivity index (χ0v) is 18.1. The largest absolute Gasteiger partial charge is 0.414 e. The molecule has 0 saturated heterocycles. The van der Waals surface area contributed by atoms with Crippen molar-refractivity contribution in [2.45, 2.75) is 56.8 Å². The molecule has 3 nitrogen and oxygen atoms in total. The summed E-state index contributed by atoms with van der Waals surface area (Å²) < 4.78 is 62.7. The molecule has 0 heterocycles. The van der Waals surface area contributed by atoms with Crippen LogP contribution in [0.2, 0.25) is 0 Å². The van der Waals surface area contributed by atoms with Crippen LogP contribution in [0, 0.1) is 36.1 Å². The number of benzene rings is 2. The van der Waals surface area contributed by atoms with E-state index in [1.165, 1.54) is 6.42 Å². The molecule has 1 N–H and O–H groups in total. The molecule has 1 fully saturated rings. The Labute approximate surface area is 183 Å². The lowest BCUT2D eigenvalue weighted by Crippen LogP contribution is -2.31. The van der Waals surface area contributed by atoms with Crippen LogP contribution in [-0.4, -0.2) is 12.5 Å². The highest BCUT2D eigenvalue weighted by atomic mass is 32.2. The van der Waals surface area contributed by atoms with Gasteiger partial charge in [-0.2, -0.15) is 8.78 Å². The smallest absolute Gasteiger partial charge is 0.257 e. The maximum atomic E-state index is 14.5. The van der Waals surface area contributed by atoms with Crippen LogP contribution in [-0.2, 0) is 0 Å². The van der Waals surface area contributed by atoms with Gasteiger partial charge in [-0.05, 0) is 37.8 Å².